The van der Waals surface area contributed by atoms with Crippen LogP contribution in [0.25, 0.3) is 23.3 Å². The maximum absolute atomic E-state index is 13.3. The molecule has 0 aromatic heterocycles. The molecule has 0 saturated carbocycles. The number of carboxylic acids is 1. The molecule has 0 unspecified atom stereocenters. The van der Waals surface area contributed by atoms with Crippen molar-refractivity contribution in [3.05, 3.63) is 119 Å². The molecule has 4 aromatic rings. The van der Waals surface area contributed by atoms with Gasteiger partial charge in [0.1, 0.15) is 5.82 Å². The molecule has 0 fully saturated rings. The molecule has 38 heavy (non-hydrogen) atoms. The Morgan fingerprint density at radius 3 is 1.97 bits per heavy atom. The van der Waals surface area contributed by atoms with Crippen molar-refractivity contribution in [2.75, 3.05) is 4.72 Å². The number of nitrogens with one attached hydrogen (secondary N) is 1. The maximum atomic E-state index is 13.3. The number of hydrogen-bond donors (Lipinski definition) is 2. The van der Waals surface area contributed by atoms with Gasteiger partial charge in [0.25, 0.3) is 10.0 Å². The van der Waals surface area contributed by atoms with E-state index in [9.17, 15) is 35.9 Å². The second-order valence-corrected chi connectivity index (χ2v) is 9.88. The maximum Gasteiger partial charge on any atom is 0.416 e. The van der Waals surface area contributed by atoms with E-state index in [1.165, 1.54) is 30.3 Å². The Morgan fingerprint density at radius 1 is 0.789 bits per heavy atom. The lowest BCUT2D eigenvalue weighted by molar-refractivity contribution is -0.137. The number of benzene rings is 4. The van der Waals surface area contributed by atoms with Crippen LogP contribution >= 0.6 is 0 Å². The van der Waals surface area contributed by atoms with Gasteiger partial charge in [-0.2, -0.15) is 13.2 Å². The van der Waals surface area contributed by atoms with Gasteiger partial charge in [-0.05, 0) is 82.9 Å². The smallest absolute Gasteiger partial charge is 0.416 e. The predicted molar refractivity (Wildman–Crippen MR) is 136 cm³/mol. The van der Waals surface area contributed by atoms with Gasteiger partial charge in [0.05, 0.1) is 16.0 Å². The molecule has 0 heterocycles. The van der Waals surface area contributed by atoms with Crippen molar-refractivity contribution in [1.82, 2.24) is 0 Å². The summed E-state index contributed by atoms with van der Waals surface area (Å²) in [5.41, 5.74) is 1.74. The van der Waals surface area contributed by atoms with Crippen molar-refractivity contribution >= 4 is 33.8 Å². The highest BCUT2D eigenvalue weighted by molar-refractivity contribution is 7.92. The standard InChI is InChI=1S/C28H19F4NO4S/c29-23-10-5-19(6-11-23)20-7-16-26(27(34)35)21(17-20)4-1-18-2-12-24(13-3-18)33-38(36,37)25-14-8-22(9-15-25)28(30,31)32/h1-17,33H,(H,34,35). The zero-order chi connectivity index (χ0) is 27.5. The fourth-order valence-electron chi connectivity index (χ4n) is 3.60. The Bertz CT molecular complexity index is 1600. The molecule has 0 aliphatic heterocycles. The van der Waals surface area contributed by atoms with Crippen molar-refractivity contribution in [1.29, 1.82) is 0 Å². The van der Waals surface area contributed by atoms with E-state index in [2.05, 4.69) is 4.72 Å². The molecule has 0 aliphatic rings. The first-order valence-electron chi connectivity index (χ1n) is 11.0. The third-order valence-electron chi connectivity index (χ3n) is 5.57. The number of hydrogen-bond acceptors (Lipinski definition) is 3. The Hall–Kier alpha value is -4.44. The zero-order valence-electron chi connectivity index (χ0n) is 19.4. The first-order valence-corrected chi connectivity index (χ1v) is 12.5. The van der Waals surface area contributed by atoms with Gasteiger partial charge in [-0.3, -0.25) is 4.72 Å². The summed E-state index contributed by atoms with van der Waals surface area (Å²) in [5.74, 6) is -1.51. The van der Waals surface area contributed by atoms with Crippen molar-refractivity contribution in [3.63, 3.8) is 0 Å². The SMILES string of the molecule is O=C(O)c1ccc(-c2ccc(F)cc2)cc1C=Cc1ccc(NS(=O)(=O)c2ccc(C(F)(F)F)cc2)cc1. The predicted octanol–water partition coefficient (Wildman–Crippen LogP) is 7.18. The average molecular weight is 542 g/mol. The fraction of sp³-hybridized carbons (Fsp3) is 0.0357. The monoisotopic (exact) mass is 541 g/mol. The van der Waals surface area contributed by atoms with Gasteiger partial charge in [-0.1, -0.05) is 42.5 Å². The lowest BCUT2D eigenvalue weighted by Gasteiger charge is -2.10. The summed E-state index contributed by atoms with van der Waals surface area (Å²) >= 11 is 0. The van der Waals surface area contributed by atoms with Crippen LogP contribution in [0.15, 0.2) is 95.9 Å². The summed E-state index contributed by atoms with van der Waals surface area (Å²) in [4.78, 5) is 11.4. The number of carboxylic acid groups (broad SMARTS) is 1. The highest BCUT2D eigenvalue weighted by Gasteiger charge is 2.30. The van der Waals surface area contributed by atoms with Crippen LogP contribution in [0.3, 0.4) is 0 Å². The number of sulfonamides is 1. The minimum Gasteiger partial charge on any atom is -0.478 e. The molecule has 10 heteroatoms. The molecule has 0 amide bonds. The van der Waals surface area contributed by atoms with Gasteiger partial charge in [-0.25, -0.2) is 17.6 Å². The number of alkyl halides is 3. The Labute approximate surface area is 215 Å². The number of halogens is 4. The average Bonchev–Trinajstić information content (AvgIpc) is 2.88. The van der Waals surface area contributed by atoms with E-state index < -0.39 is 27.7 Å². The molecule has 0 bridgehead atoms. The molecular weight excluding hydrogens is 522 g/mol. The Morgan fingerprint density at radius 2 is 1.39 bits per heavy atom. The number of carbonyl (C=O) groups is 1. The highest BCUT2D eigenvalue weighted by atomic mass is 32.2. The van der Waals surface area contributed by atoms with Crippen LogP contribution in [-0.4, -0.2) is 19.5 Å². The normalized spacial score (nSPS) is 12.0. The number of aromatic carboxylic acids is 1. The molecule has 4 aromatic carbocycles. The quantitative estimate of drug-likeness (QED) is 0.192. The fourth-order valence-corrected chi connectivity index (χ4v) is 4.66. The second kappa shape index (κ2) is 10.5. The van der Waals surface area contributed by atoms with E-state index in [1.54, 1.807) is 48.6 Å². The van der Waals surface area contributed by atoms with Crippen LogP contribution < -0.4 is 4.72 Å². The number of anilines is 1. The van der Waals surface area contributed by atoms with E-state index in [1.807, 2.05) is 0 Å². The Balaban J connectivity index is 1.53. The minimum atomic E-state index is -4.58. The highest BCUT2D eigenvalue weighted by Crippen LogP contribution is 2.30. The van der Waals surface area contributed by atoms with Gasteiger partial charge in [0, 0.05) is 5.69 Å². The van der Waals surface area contributed by atoms with Gasteiger partial charge < -0.3 is 5.11 Å². The van der Waals surface area contributed by atoms with Crippen LogP contribution in [0.2, 0.25) is 0 Å². The van der Waals surface area contributed by atoms with Crippen molar-refractivity contribution in [2.24, 2.45) is 0 Å². The summed E-state index contributed by atoms with van der Waals surface area (Å²) in [6.45, 7) is 0. The van der Waals surface area contributed by atoms with Gasteiger partial charge in [0.15, 0.2) is 0 Å². The van der Waals surface area contributed by atoms with Crippen LogP contribution in [0.1, 0.15) is 27.0 Å². The van der Waals surface area contributed by atoms with Crippen LogP contribution in [0.5, 0.6) is 0 Å². The minimum absolute atomic E-state index is 0.0630. The molecule has 194 valence electrons. The summed E-state index contributed by atoms with van der Waals surface area (Å²) < 4.78 is 78.9. The van der Waals surface area contributed by atoms with Gasteiger partial charge in [-0.15, -0.1) is 0 Å². The van der Waals surface area contributed by atoms with Crippen LogP contribution in [0.4, 0.5) is 23.2 Å². The molecule has 0 atom stereocenters. The van der Waals surface area contributed by atoms with E-state index in [4.69, 9.17) is 0 Å². The van der Waals surface area contributed by atoms with Crippen LogP contribution in [0, 0.1) is 5.82 Å². The van der Waals surface area contributed by atoms with E-state index in [0.717, 1.165) is 12.1 Å². The molecule has 5 nitrogen and oxygen atoms in total. The largest absolute Gasteiger partial charge is 0.478 e. The third kappa shape index (κ3) is 6.27. The lowest BCUT2D eigenvalue weighted by atomic mass is 9.98. The van der Waals surface area contributed by atoms with E-state index in [-0.39, 0.29) is 22.0 Å². The summed E-state index contributed by atoms with van der Waals surface area (Å²) in [5, 5.41) is 9.55. The first-order chi connectivity index (χ1) is 17.9. The lowest BCUT2D eigenvalue weighted by Crippen LogP contribution is -2.13. The third-order valence-corrected chi connectivity index (χ3v) is 6.97. The summed E-state index contributed by atoms with van der Waals surface area (Å²) in [6, 6.07) is 19.8. The van der Waals surface area contributed by atoms with Crippen molar-refractivity contribution < 1.29 is 35.9 Å². The molecule has 0 spiro atoms. The summed E-state index contributed by atoms with van der Waals surface area (Å²) in [7, 11) is -4.12. The second-order valence-electron chi connectivity index (χ2n) is 8.20. The number of rotatable bonds is 7. The van der Waals surface area contributed by atoms with Crippen molar-refractivity contribution in [2.45, 2.75) is 11.1 Å². The summed E-state index contributed by atoms with van der Waals surface area (Å²) in [6.07, 6.45) is -1.34. The van der Waals surface area contributed by atoms with Crippen LogP contribution in [-0.2, 0) is 16.2 Å². The first kappa shape index (κ1) is 26.6. The molecule has 0 aliphatic carbocycles. The van der Waals surface area contributed by atoms with E-state index >= 15 is 0 Å². The molecule has 2 N–H and O–H groups in total. The molecule has 0 saturated heterocycles. The zero-order valence-corrected chi connectivity index (χ0v) is 20.2. The molecule has 4 rings (SSSR count). The van der Waals surface area contributed by atoms with Gasteiger partial charge >= 0.3 is 12.1 Å². The molecular formula is C28H19F4NO4S. The van der Waals surface area contributed by atoms with Crippen molar-refractivity contribution in [3.8, 4) is 11.1 Å². The van der Waals surface area contributed by atoms with E-state index in [0.29, 0.717) is 34.4 Å². The molecule has 0 radical (unpaired) electrons. The van der Waals surface area contributed by atoms with Gasteiger partial charge in [0.2, 0.25) is 0 Å². The Kier molecular flexibility index (Phi) is 7.36. The topological polar surface area (TPSA) is 83.5 Å².